The number of hydrogen-bond donors (Lipinski definition) is 2. The van der Waals surface area contributed by atoms with Crippen LogP contribution in [0.1, 0.15) is 36.4 Å². The molecule has 1 saturated heterocycles. The van der Waals surface area contributed by atoms with Gasteiger partial charge in [-0.05, 0) is 43.5 Å². The van der Waals surface area contributed by atoms with E-state index in [-0.39, 0.29) is 23.2 Å². The number of sulfonamides is 1. The third kappa shape index (κ3) is 5.11. The summed E-state index contributed by atoms with van der Waals surface area (Å²) in [6.45, 7) is 3.04. The smallest absolute Gasteiger partial charge is 0.245 e. The van der Waals surface area contributed by atoms with Crippen LogP contribution in [0.2, 0.25) is 0 Å². The standard InChI is InChI=1S/C20H25N3O3S.ClH/c1-15-8-10-16(11-9-15)19(21)20(24)22-17-6-5-7-18(14-17)27(25,26)23-12-3-2-4-13-23;/h5-11,14,19H,2-4,12-13,21H2,1H3,(H,22,24);1H. The number of nitrogens with two attached hydrogens (primary N) is 1. The van der Waals surface area contributed by atoms with E-state index < -0.39 is 16.1 Å². The zero-order valence-electron chi connectivity index (χ0n) is 15.8. The number of carbonyl (C=O) groups is 1. The van der Waals surface area contributed by atoms with Crippen molar-refractivity contribution in [1.82, 2.24) is 4.31 Å². The first-order valence-corrected chi connectivity index (χ1v) is 10.6. The molecule has 28 heavy (non-hydrogen) atoms. The summed E-state index contributed by atoms with van der Waals surface area (Å²) in [5.41, 5.74) is 8.24. The van der Waals surface area contributed by atoms with Gasteiger partial charge in [0.25, 0.3) is 0 Å². The molecular formula is C20H26ClN3O3S. The van der Waals surface area contributed by atoms with E-state index in [1.165, 1.54) is 10.4 Å². The predicted octanol–water partition coefficient (Wildman–Crippen LogP) is 3.23. The first kappa shape index (κ1) is 22.4. The van der Waals surface area contributed by atoms with Crippen molar-refractivity contribution in [3.63, 3.8) is 0 Å². The number of carbonyl (C=O) groups excluding carboxylic acids is 1. The van der Waals surface area contributed by atoms with Crippen LogP contribution in [0.5, 0.6) is 0 Å². The summed E-state index contributed by atoms with van der Waals surface area (Å²) in [7, 11) is -3.55. The number of halogens is 1. The molecule has 0 aromatic heterocycles. The van der Waals surface area contributed by atoms with Crippen molar-refractivity contribution in [3.8, 4) is 0 Å². The zero-order chi connectivity index (χ0) is 19.4. The minimum atomic E-state index is -3.55. The third-order valence-corrected chi connectivity index (χ3v) is 6.67. The molecule has 0 radical (unpaired) electrons. The van der Waals surface area contributed by atoms with Crippen LogP contribution in [0.4, 0.5) is 5.69 Å². The maximum Gasteiger partial charge on any atom is 0.245 e. The number of aryl methyl sites for hydroxylation is 1. The molecule has 0 spiro atoms. The average Bonchev–Trinajstić information content (AvgIpc) is 2.69. The number of benzene rings is 2. The summed E-state index contributed by atoms with van der Waals surface area (Å²) >= 11 is 0. The molecule has 8 heteroatoms. The number of anilines is 1. The molecule has 1 fully saturated rings. The van der Waals surface area contributed by atoms with E-state index in [1.54, 1.807) is 18.2 Å². The topological polar surface area (TPSA) is 92.5 Å². The lowest BCUT2D eigenvalue weighted by molar-refractivity contribution is -0.117. The van der Waals surface area contributed by atoms with Crippen molar-refractivity contribution < 1.29 is 13.2 Å². The van der Waals surface area contributed by atoms with E-state index >= 15 is 0 Å². The number of rotatable bonds is 5. The molecule has 1 atom stereocenters. The van der Waals surface area contributed by atoms with Crippen LogP contribution >= 0.6 is 12.4 Å². The molecule has 1 unspecified atom stereocenters. The van der Waals surface area contributed by atoms with Gasteiger partial charge >= 0.3 is 0 Å². The van der Waals surface area contributed by atoms with Gasteiger partial charge in [0.2, 0.25) is 15.9 Å². The van der Waals surface area contributed by atoms with Crippen LogP contribution in [0.3, 0.4) is 0 Å². The van der Waals surface area contributed by atoms with E-state index in [9.17, 15) is 13.2 Å². The number of piperidine rings is 1. The number of amides is 1. The van der Waals surface area contributed by atoms with Crippen LogP contribution in [0.15, 0.2) is 53.4 Å². The first-order chi connectivity index (χ1) is 12.9. The van der Waals surface area contributed by atoms with Crippen molar-refractivity contribution in [1.29, 1.82) is 0 Å². The molecule has 0 bridgehead atoms. The van der Waals surface area contributed by atoms with Gasteiger partial charge in [0.15, 0.2) is 0 Å². The quantitative estimate of drug-likeness (QED) is 0.772. The highest BCUT2D eigenvalue weighted by atomic mass is 35.5. The normalized spacial score (nSPS) is 16.1. The van der Waals surface area contributed by atoms with E-state index in [2.05, 4.69) is 5.32 Å². The average molecular weight is 424 g/mol. The molecule has 3 N–H and O–H groups in total. The van der Waals surface area contributed by atoms with Gasteiger partial charge in [0.05, 0.1) is 4.90 Å². The number of nitrogens with zero attached hydrogens (tertiary/aromatic N) is 1. The lowest BCUT2D eigenvalue weighted by Crippen LogP contribution is -2.35. The summed E-state index contributed by atoms with van der Waals surface area (Å²) in [4.78, 5) is 12.7. The Labute approximate surface area is 172 Å². The van der Waals surface area contributed by atoms with Crippen LogP contribution < -0.4 is 11.1 Å². The fourth-order valence-corrected chi connectivity index (χ4v) is 4.70. The van der Waals surface area contributed by atoms with E-state index in [1.807, 2.05) is 31.2 Å². The second-order valence-corrected chi connectivity index (χ2v) is 8.81. The van der Waals surface area contributed by atoms with Gasteiger partial charge in [-0.15, -0.1) is 12.4 Å². The van der Waals surface area contributed by atoms with Gasteiger partial charge in [-0.3, -0.25) is 4.79 Å². The van der Waals surface area contributed by atoms with E-state index in [0.29, 0.717) is 24.3 Å². The Morgan fingerprint density at radius 3 is 2.36 bits per heavy atom. The number of hydrogen-bond acceptors (Lipinski definition) is 4. The fourth-order valence-electron chi connectivity index (χ4n) is 3.13. The van der Waals surface area contributed by atoms with Gasteiger partial charge in [0, 0.05) is 18.8 Å². The van der Waals surface area contributed by atoms with Gasteiger partial charge in [-0.25, -0.2) is 8.42 Å². The first-order valence-electron chi connectivity index (χ1n) is 9.11. The van der Waals surface area contributed by atoms with Crippen LogP contribution in [-0.4, -0.2) is 31.7 Å². The molecule has 0 saturated carbocycles. The van der Waals surface area contributed by atoms with Crippen LogP contribution in [0, 0.1) is 6.92 Å². The molecule has 1 aliphatic heterocycles. The molecule has 1 aliphatic rings. The van der Waals surface area contributed by atoms with Crippen LogP contribution in [0.25, 0.3) is 0 Å². The molecule has 3 rings (SSSR count). The van der Waals surface area contributed by atoms with Gasteiger partial charge in [0.1, 0.15) is 6.04 Å². The highest BCUT2D eigenvalue weighted by Gasteiger charge is 2.26. The predicted molar refractivity (Wildman–Crippen MR) is 113 cm³/mol. The molecule has 1 heterocycles. The van der Waals surface area contributed by atoms with E-state index in [0.717, 1.165) is 24.8 Å². The monoisotopic (exact) mass is 423 g/mol. The summed E-state index contributed by atoms with van der Waals surface area (Å²) in [5, 5.41) is 2.72. The summed E-state index contributed by atoms with van der Waals surface area (Å²) in [6, 6.07) is 12.9. The Morgan fingerprint density at radius 2 is 1.71 bits per heavy atom. The maximum absolute atomic E-state index is 12.8. The molecule has 2 aromatic carbocycles. The Bertz CT molecular complexity index is 911. The summed E-state index contributed by atoms with van der Waals surface area (Å²) < 4.78 is 27.1. The fraction of sp³-hybridized carbons (Fsp3) is 0.350. The Balaban J connectivity index is 0.00000280. The van der Waals surface area contributed by atoms with Gasteiger partial charge in [-0.1, -0.05) is 42.3 Å². The molecular weight excluding hydrogens is 398 g/mol. The minimum Gasteiger partial charge on any atom is -0.324 e. The Morgan fingerprint density at radius 1 is 1.07 bits per heavy atom. The molecule has 6 nitrogen and oxygen atoms in total. The SMILES string of the molecule is Cc1ccc(C(N)C(=O)Nc2cccc(S(=O)(=O)N3CCCCC3)c2)cc1.Cl. The zero-order valence-corrected chi connectivity index (χ0v) is 17.4. The highest BCUT2D eigenvalue weighted by Crippen LogP contribution is 2.23. The van der Waals surface area contributed by atoms with Crippen LogP contribution in [-0.2, 0) is 14.8 Å². The second-order valence-electron chi connectivity index (χ2n) is 6.87. The van der Waals surface area contributed by atoms with E-state index in [4.69, 9.17) is 5.73 Å². The van der Waals surface area contributed by atoms with Crippen molar-refractivity contribution in [2.75, 3.05) is 18.4 Å². The van der Waals surface area contributed by atoms with Gasteiger partial charge in [-0.2, -0.15) is 4.31 Å². The molecule has 152 valence electrons. The van der Waals surface area contributed by atoms with Gasteiger partial charge < -0.3 is 11.1 Å². The Kier molecular flexibility index (Phi) is 7.60. The minimum absolute atomic E-state index is 0. The summed E-state index contributed by atoms with van der Waals surface area (Å²) in [5.74, 6) is -0.383. The molecule has 2 aromatic rings. The lowest BCUT2D eigenvalue weighted by atomic mass is 10.1. The molecule has 1 amide bonds. The third-order valence-electron chi connectivity index (χ3n) is 4.77. The van der Waals surface area contributed by atoms with Crippen molar-refractivity contribution in [2.24, 2.45) is 5.73 Å². The highest BCUT2D eigenvalue weighted by molar-refractivity contribution is 7.89. The molecule has 0 aliphatic carbocycles. The maximum atomic E-state index is 12.8. The van der Waals surface area contributed by atoms with Crippen molar-refractivity contribution in [2.45, 2.75) is 37.1 Å². The second kappa shape index (κ2) is 9.52. The lowest BCUT2D eigenvalue weighted by Gasteiger charge is -2.26. The summed E-state index contributed by atoms with van der Waals surface area (Å²) in [6.07, 6.45) is 2.81. The van der Waals surface area contributed by atoms with Crippen molar-refractivity contribution in [3.05, 3.63) is 59.7 Å². The Hall–Kier alpha value is -1.93. The largest absolute Gasteiger partial charge is 0.324 e. The number of nitrogens with one attached hydrogen (secondary N) is 1. The van der Waals surface area contributed by atoms with Crippen molar-refractivity contribution >= 4 is 34.0 Å².